The molecular weight excluding hydrogens is 877 g/mol. The zero-order chi connectivity index (χ0) is 51.7. The van der Waals surface area contributed by atoms with Crippen LogP contribution in [0.2, 0.25) is 0 Å². The Kier molecular flexibility index (Phi) is 17.2. The normalized spacial score (nSPS) is 15.4. The van der Waals surface area contributed by atoms with Crippen molar-refractivity contribution in [1.82, 2.24) is 20.0 Å². The van der Waals surface area contributed by atoms with Gasteiger partial charge in [-0.05, 0) is 80.3 Å². The van der Waals surface area contributed by atoms with E-state index in [0.29, 0.717) is 35.8 Å². The van der Waals surface area contributed by atoms with Crippen LogP contribution >= 0.6 is 0 Å². The molecule has 6 heteroatoms. The van der Waals surface area contributed by atoms with Crippen LogP contribution in [0.25, 0.3) is 0 Å². The summed E-state index contributed by atoms with van der Waals surface area (Å²) in [5.41, 5.74) is 16.1. The fraction of sp³-hybridized carbons (Fsp3) is 0.364. The molecule has 6 nitrogen and oxygen atoms in total. The van der Waals surface area contributed by atoms with Gasteiger partial charge in [0.15, 0.2) is 0 Å². The van der Waals surface area contributed by atoms with Crippen LogP contribution in [-0.2, 0) is 10.8 Å². The molecule has 4 atom stereocenters. The molecule has 2 N–H and O–H groups in total. The molecule has 398 valence electrons. The fourth-order valence-corrected chi connectivity index (χ4v) is 9.90. The molecule has 0 unspecified atom stereocenters. The first-order valence-electron chi connectivity index (χ1n) is 26.4. The standard InChI is InChI=1S/C33H41N3.C26H29N.C7H12N2.11H2/c1-23(2)27-19-14-20-28(24(3)4)31(27)34-30(25-15-10-8-11-16-25)32(26-17-12-9-13-18-26)36-22-21-29(35-36)33(5,6)7;1-18(2)22-16-11-17-23(19(3)4)26(22)27-24(20-12-7-5-8-13-20)25(27)21-14-9-6-10-15-21;1-7(2,3)6-4-5-8-9-6;;;;;;;;;;;/h8-24,30,32,34H,1-7H3;5-19,24-25H,1-4H3;4-5H,1-3H3,(H,8,9);11*1H/t30-,32+;24-,25-;;;;;;;;;;;;/m00............/s1. The molecule has 1 aliphatic rings. The molecular formula is C66H104N6. The molecule has 2 aromatic heterocycles. The highest BCUT2D eigenvalue weighted by Gasteiger charge is 2.51. The predicted octanol–water partition coefficient (Wildman–Crippen LogP) is 20.5. The number of nitrogens with one attached hydrogen (secondary N) is 2. The third-order valence-corrected chi connectivity index (χ3v) is 14.0. The Morgan fingerprint density at radius 3 is 1.29 bits per heavy atom. The number of anilines is 2. The Morgan fingerprint density at radius 2 is 0.917 bits per heavy atom. The molecule has 9 rings (SSSR count). The van der Waals surface area contributed by atoms with Crippen LogP contribution in [-0.4, -0.2) is 20.0 Å². The summed E-state index contributed by atoms with van der Waals surface area (Å²) in [6.07, 6.45) is 3.92. The molecule has 0 bridgehead atoms. The lowest BCUT2D eigenvalue weighted by Crippen LogP contribution is -2.27. The van der Waals surface area contributed by atoms with Gasteiger partial charge in [-0.1, -0.05) is 255 Å². The van der Waals surface area contributed by atoms with Crippen LogP contribution in [0.15, 0.2) is 182 Å². The maximum Gasteiger partial charge on any atom is 0.101 e. The molecule has 0 aliphatic carbocycles. The number of nitrogens with zero attached hydrogens (tertiary/aromatic N) is 4. The number of H-pyrrole nitrogens is 1. The third-order valence-electron chi connectivity index (χ3n) is 14.0. The van der Waals surface area contributed by atoms with Gasteiger partial charge in [-0.2, -0.15) is 10.2 Å². The van der Waals surface area contributed by atoms with Crippen LogP contribution < -0.4 is 10.2 Å². The Bertz CT molecular complexity index is 2810. The Morgan fingerprint density at radius 1 is 0.486 bits per heavy atom. The molecule has 1 aliphatic heterocycles. The topological polar surface area (TPSA) is 61.5 Å². The predicted molar refractivity (Wildman–Crippen MR) is 329 cm³/mol. The van der Waals surface area contributed by atoms with E-state index in [1.807, 2.05) is 6.07 Å². The minimum Gasteiger partial charge on any atom is -0.375 e. The minimum atomic E-state index is -0.0232. The Balaban J connectivity index is -0.000000387. The van der Waals surface area contributed by atoms with Crippen molar-refractivity contribution in [3.63, 3.8) is 0 Å². The van der Waals surface area contributed by atoms with Gasteiger partial charge in [0.2, 0.25) is 0 Å². The molecule has 6 aromatic carbocycles. The van der Waals surface area contributed by atoms with Gasteiger partial charge in [0, 0.05) is 56.0 Å². The maximum absolute atomic E-state index is 5.14. The molecule has 72 heavy (non-hydrogen) atoms. The van der Waals surface area contributed by atoms with Gasteiger partial charge in [-0.15, -0.1) is 0 Å². The zero-order valence-electron chi connectivity index (χ0n) is 45.7. The maximum atomic E-state index is 5.14. The number of hydrogen-bond donors (Lipinski definition) is 2. The fourth-order valence-electron chi connectivity index (χ4n) is 9.90. The van der Waals surface area contributed by atoms with E-state index in [4.69, 9.17) is 5.10 Å². The van der Waals surface area contributed by atoms with E-state index in [1.54, 1.807) is 6.20 Å². The number of aromatic nitrogens is 4. The van der Waals surface area contributed by atoms with Crippen molar-refractivity contribution in [1.29, 1.82) is 0 Å². The molecule has 0 spiro atoms. The summed E-state index contributed by atoms with van der Waals surface area (Å²) in [4.78, 5) is 2.65. The molecule has 3 heterocycles. The molecule has 1 fully saturated rings. The quantitative estimate of drug-likeness (QED) is 0.113. The first-order valence-corrected chi connectivity index (χ1v) is 26.4. The van der Waals surface area contributed by atoms with Gasteiger partial charge in [0.1, 0.15) is 6.04 Å². The molecule has 0 radical (unpaired) electrons. The summed E-state index contributed by atoms with van der Waals surface area (Å²) in [7, 11) is 0. The lowest BCUT2D eigenvalue weighted by atomic mass is 9.89. The molecule has 0 amide bonds. The molecule has 1 saturated heterocycles. The van der Waals surface area contributed by atoms with Gasteiger partial charge in [0.25, 0.3) is 0 Å². The average molecular weight is 982 g/mol. The van der Waals surface area contributed by atoms with Crippen molar-refractivity contribution in [3.8, 4) is 0 Å². The number of hydrogen-bond acceptors (Lipinski definition) is 4. The average Bonchev–Trinajstić information content (AvgIpc) is 3.64. The van der Waals surface area contributed by atoms with E-state index in [0.717, 1.165) is 5.69 Å². The van der Waals surface area contributed by atoms with Gasteiger partial charge in [-0.3, -0.25) is 9.78 Å². The van der Waals surface area contributed by atoms with Crippen molar-refractivity contribution in [2.24, 2.45) is 0 Å². The van der Waals surface area contributed by atoms with E-state index in [2.05, 4.69) is 292 Å². The second-order valence-corrected chi connectivity index (χ2v) is 22.9. The molecule has 8 aromatic rings. The van der Waals surface area contributed by atoms with Crippen LogP contribution in [0.1, 0.15) is 216 Å². The third kappa shape index (κ3) is 12.7. The molecule has 0 saturated carbocycles. The number of aromatic amines is 1. The summed E-state index contributed by atoms with van der Waals surface area (Å²) in [6, 6.07) is 62.1. The lowest BCUT2D eigenvalue weighted by Gasteiger charge is -2.33. The second-order valence-electron chi connectivity index (χ2n) is 22.9. The summed E-state index contributed by atoms with van der Waals surface area (Å²) >= 11 is 0. The Labute approximate surface area is 449 Å². The summed E-state index contributed by atoms with van der Waals surface area (Å²) in [5, 5.41) is 16.0. The summed E-state index contributed by atoms with van der Waals surface area (Å²) in [5.74, 6) is 1.84. The van der Waals surface area contributed by atoms with E-state index >= 15 is 0 Å². The highest BCUT2D eigenvalue weighted by Crippen LogP contribution is 2.59. The monoisotopic (exact) mass is 981 g/mol. The highest BCUT2D eigenvalue weighted by molar-refractivity contribution is 5.70. The zero-order valence-corrected chi connectivity index (χ0v) is 45.7. The number of rotatable bonds is 13. The SMILES string of the molecule is CC(C)(C)c1ccn[nH]1.CC(C)c1cccc(C(C)C)c1N1[C@@H](c2ccccc2)[C@@H]1c1ccccc1.CC(C)c1cccc(C(C)C)c1N[C@@H](c1ccccc1)[C@@H](c1ccccc1)n1ccc(C(C)(C)C)n1.[HH].[HH].[HH].[HH].[HH].[HH].[HH].[HH].[HH].[HH].[HH]. The second kappa shape index (κ2) is 23.3. The minimum absolute atomic E-state index is 0. The van der Waals surface area contributed by atoms with Crippen LogP contribution in [0.3, 0.4) is 0 Å². The van der Waals surface area contributed by atoms with Crippen molar-refractivity contribution < 1.29 is 15.7 Å². The lowest BCUT2D eigenvalue weighted by molar-refractivity contribution is 0.446. The van der Waals surface area contributed by atoms with E-state index in [9.17, 15) is 0 Å². The van der Waals surface area contributed by atoms with E-state index < -0.39 is 0 Å². The first kappa shape index (κ1) is 53.1. The first-order chi connectivity index (χ1) is 34.4. The van der Waals surface area contributed by atoms with Crippen molar-refractivity contribution in [2.75, 3.05) is 10.2 Å². The van der Waals surface area contributed by atoms with Crippen LogP contribution in [0, 0.1) is 0 Å². The largest absolute Gasteiger partial charge is 0.375 e. The van der Waals surface area contributed by atoms with Crippen LogP contribution in [0.5, 0.6) is 0 Å². The Hall–Kier alpha value is -6.66. The number of benzene rings is 6. The van der Waals surface area contributed by atoms with E-state index in [-0.39, 0.29) is 38.6 Å². The van der Waals surface area contributed by atoms with Gasteiger partial charge >= 0.3 is 0 Å². The van der Waals surface area contributed by atoms with Crippen molar-refractivity contribution in [2.45, 2.75) is 156 Å². The van der Waals surface area contributed by atoms with Gasteiger partial charge in [-0.25, -0.2) is 0 Å². The van der Waals surface area contributed by atoms with Gasteiger partial charge in [0.05, 0.1) is 23.8 Å². The van der Waals surface area contributed by atoms with Crippen molar-refractivity contribution >= 4 is 11.4 Å². The summed E-state index contributed by atoms with van der Waals surface area (Å²) < 4.78 is 2.16. The number of para-hydroxylation sites is 2. The summed E-state index contributed by atoms with van der Waals surface area (Å²) in [6.45, 7) is 31.5. The van der Waals surface area contributed by atoms with E-state index in [1.165, 1.54) is 61.6 Å². The van der Waals surface area contributed by atoms with Crippen molar-refractivity contribution in [3.05, 3.63) is 238 Å². The highest BCUT2D eigenvalue weighted by atomic mass is 15.4. The van der Waals surface area contributed by atoms with Gasteiger partial charge < -0.3 is 10.2 Å². The van der Waals surface area contributed by atoms with Crippen LogP contribution in [0.4, 0.5) is 11.4 Å². The smallest absolute Gasteiger partial charge is 0.101 e.